The first kappa shape index (κ1) is 9.73. The van der Waals surface area contributed by atoms with Crippen molar-refractivity contribution in [3.8, 4) is 0 Å². The lowest BCUT2D eigenvalue weighted by Crippen LogP contribution is -2.35. The summed E-state index contributed by atoms with van der Waals surface area (Å²) >= 11 is 0. The minimum atomic E-state index is -0.182. The third-order valence-corrected chi connectivity index (χ3v) is 1.52. The van der Waals surface area contributed by atoms with Gasteiger partial charge in [0.1, 0.15) is 5.69 Å². The molecule has 1 aromatic rings. The number of imidazole rings is 1. The van der Waals surface area contributed by atoms with Gasteiger partial charge in [-0.25, -0.2) is 4.98 Å². The van der Waals surface area contributed by atoms with Gasteiger partial charge in [-0.05, 0) is 6.92 Å². The predicted molar refractivity (Wildman–Crippen MR) is 49.2 cm³/mol. The second kappa shape index (κ2) is 4.04. The van der Waals surface area contributed by atoms with Crippen LogP contribution < -0.4 is 11.1 Å². The van der Waals surface area contributed by atoms with Crippen LogP contribution in [0.15, 0.2) is 12.5 Å². The van der Waals surface area contributed by atoms with E-state index in [0.29, 0.717) is 12.2 Å². The van der Waals surface area contributed by atoms with Crippen molar-refractivity contribution in [2.45, 2.75) is 13.0 Å². The first-order valence-electron chi connectivity index (χ1n) is 4.11. The van der Waals surface area contributed by atoms with Crippen molar-refractivity contribution in [3.05, 3.63) is 18.2 Å². The van der Waals surface area contributed by atoms with E-state index in [0.717, 1.165) is 0 Å². The van der Waals surface area contributed by atoms with E-state index in [1.807, 2.05) is 14.0 Å². The highest BCUT2D eigenvalue weighted by atomic mass is 16.1. The van der Waals surface area contributed by atoms with Gasteiger partial charge in [0.05, 0.1) is 6.33 Å². The Labute approximate surface area is 76.9 Å². The molecule has 1 unspecified atom stereocenters. The topological polar surface area (TPSA) is 72.9 Å². The van der Waals surface area contributed by atoms with Crippen LogP contribution in [-0.2, 0) is 7.05 Å². The maximum atomic E-state index is 11.3. The summed E-state index contributed by atoms with van der Waals surface area (Å²) in [5, 5.41) is 2.67. The van der Waals surface area contributed by atoms with E-state index in [1.165, 1.54) is 0 Å². The number of amides is 1. The zero-order valence-electron chi connectivity index (χ0n) is 7.82. The Kier molecular flexibility index (Phi) is 3.02. The second-order valence-electron chi connectivity index (χ2n) is 3.11. The smallest absolute Gasteiger partial charge is 0.271 e. The van der Waals surface area contributed by atoms with Gasteiger partial charge in [-0.2, -0.15) is 0 Å². The number of carbonyl (C=O) groups is 1. The molecule has 0 saturated heterocycles. The molecule has 0 aromatic carbocycles. The van der Waals surface area contributed by atoms with Crippen molar-refractivity contribution in [2.24, 2.45) is 12.8 Å². The summed E-state index contributed by atoms with van der Waals surface area (Å²) in [6.07, 6.45) is 3.25. The van der Waals surface area contributed by atoms with E-state index in [2.05, 4.69) is 10.3 Å². The molecule has 72 valence electrons. The van der Waals surface area contributed by atoms with Gasteiger partial charge in [-0.15, -0.1) is 0 Å². The number of carbonyl (C=O) groups excluding carboxylic acids is 1. The largest absolute Gasteiger partial charge is 0.349 e. The number of aryl methyl sites for hydroxylation is 1. The predicted octanol–water partition coefficient (Wildman–Crippen LogP) is -0.503. The fourth-order valence-electron chi connectivity index (χ4n) is 0.874. The van der Waals surface area contributed by atoms with Crippen LogP contribution in [0.5, 0.6) is 0 Å². The summed E-state index contributed by atoms with van der Waals surface area (Å²) in [5.41, 5.74) is 5.90. The number of hydrogen-bond donors (Lipinski definition) is 2. The van der Waals surface area contributed by atoms with Gasteiger partial charge in [0, 0.05) is 25.8 Å². The maximum Gasteiger partial charge on any atom is 0.271 e. The van der Waals surface area contributed by atoms with Crippen LogP contribution in [0.2, 0.25) is 0 Å². The van der Waals surface area contributed by atoms with Gasteiger partial charge in [0.25, 0.3) is 5.91 Å². The van der Waals surface area contributed by atoms with Crippen LogP contribution in [0.1, 0.15) is 17.4 Å². The van der Waals surface area contributed by atoms with E-state index < -0.39 is 0 Å². The Morgan fingerprint density at radius 2 is 2.54 bits per heavy atom. The first-order valence-corrected chi connectivity index (χ1v) is 4.11. The van der Waals surface area contributed by atoms with Gasteiger partial charge in [-0.1, -0.05) is 0 Å². The quantitative estimate of drug-likeness (QED) is 0.661. The van der Waals surface area contributed by atoms with Crippen molar-refractivity contribution in [2.75, 3.05) is 6.54 Å². The fourth-order valence-corrected chi connectivity index (χ4v) is 0.874. The highest BCUT2D eigenvalue weighted by Gasteiger charge is 2.07. The van der Waals surface area contributed by atoms with Crippen molar-refractivity contribution in [3.63, 3.8) is 0 Å². The number of nitrogens with one attached hydrogen (secondary N) is 1. The fraction of sp³-hybridized carbons (Fsp3) is 0.500. The number of rotatable bonds is 3. The average molecular weight is 182 g/mol. The van der Waals surface area contributed by atoms with Crippen molar-refractivity contribution < 1.29 is 4.79 Å². The van der Waals surface area contributed by atoms with Crippen LogP contribution in [-0.4, -0.2) is 28.0 Å². The summed E-state index contributed by atoms with van der Waals surface area (Å²) in [4.78, 5) is 15.2. The number of aromatic nitrogens is 2. The van der Waals surface area contributed by atoms with Gasteiger partial charge in [0.2, 0.25) is 0 Å². The minimum absolute atomic E-state index is 0.0346. The molecule has 1 aromatic heterocycles. The molecule has 0 bridgehead atoms. The Bertz CT molecular complexity index is 292. The molecule has 0 saturated carbocycles. The summed E-state index contributed by atoms with van der Waals surface area (Å²) in [7, 11) is 1.81. The monoisotopic (exact) mass is 182 g/mol. The third kappa shape index (κ3) is 2.87. The molecule has 1 heterocycles. The molecule has 1 amide bonds. The van der Waals surface area contributed by atoms with Gasteiger partial charge in [-0.3, -0.25) is 4.79 Å². The molecule has 0 aliphatic carbocycles. The number of hydrogen-bond acceptors (Lipinski definition) is 3. The van der Waals surface area contributed by atoms with Crippen molar-refractivity contribution >= 4 is 5.91 Å². The lowest BCUT2D eigenvalue weighted by molar-refractivity contribution is 0.0947. The highest BCUT2D eigenvalue weighted by molar-refractivity contribution is 5.91. The summed E-state index contributed by atoms with van der Waals surface area (Å²) in [6.45, 7) is 2.30. The van der Waals surface area contributed by atoms with Gasteiger partial charge < -0.3 is 15.6 Å². The van der Waals surface area contributed by atoms with Gasteiger partial charge in [0.15, 0.2) is 0 Å². The van der Waals surface area contributed by atoms with Gasteiger partial charge >= 0.3 is 0 Å². The maximum absolute atomic E-state index is 11.3. The van der Waals surface area contributed by atoms with Crippen LogP contribution in [0.3, 0.4) is 0 Å². The molecular formula is C8H14N4O. The molecule has 0 aliphatic rings. The summed E-state index contributed by atoms with van der Waals surface area (Å²) < 4.78 is 1.72. The van der Waals surface area contributed by atoms with Crippen molar-refractivity contribution in [1.29, 1.82) is 0 Å². The molecule has 1 rings (SSSR count). The standard InChI is InChI=1S/C8H14N4O/c1-6(9)3-10-8(13)7-4-12(2)5-11-7/h4-6H,3,9H2,1-2H3,(H,10,13). The summed E-state index contributed by atoms with van der Waals surface area (Å²) in [6, 6.07) is -0.0346. The van der Waals surface area contributed by atoms with Crippen LogP contribution in [0.25, 0.3) is 0 Å². The third-order valence-electron chi connectivity index (χ3n) is 1.52. The Morgan fingerprint density at radius 3 is 3.00 bits per heavy atom. The molecule has 13 heavy (non-hydrogen) atoms. The average Bonchev–Trinajstić information content (AvgIpc) is 2.47. The molecule has 0 fully saturated rings. The minimum Gasteiger partial charge on any atom is -0.349 e. The number of nitrogens with zero attached hydrogens (tertiary/aromatic N) is 2. The summed E-state index contributed by atoms with van der Waals surface area (Å²) in [5.74, 6) is -0.182. The van der Waals surface area contributed by atoms with Crippen molar-refractivity contribution in [1.82, 2.24) is 14.9 Å². The molecular weight excluding hydrogens is 168 g/mol. The molecule has 3 N–H and O–H groups in total. The zero-order valence-corrected chi connectivity index (χ0v) is 7.82. The molecule has 1 atom stereocenters. The number of nitrogens with two attached hydrogens (primary N) is 1. The van der Waals surface area contributed by atoms with Crippen LogP contribution in [0, 0.1) is 0 Å². The second-order valence-corrected chi connectivity index (χ2v) is 3.11. The van der Waals surface area contributed by atoms with E-state index in [1.54, 1.807) is 17.1 Å². The zero-order chi connectivity index (χ0) is 9.84. The molecule has 0 spiro atoms. The van der Waals surface area contributed by atoms with Crippen LogP contribution in [0.4, 0.5) is 0 Å². The van der Waals surface area contributed by atoms with E-state index >= 15 is 0 Å². The van der Waals surface area contributed by atoms with E-state index in [4.69, 9.17) is 5.73 Å². The Balaban J connectivity index is 2.49. The van der Waals surface area contributed by atoms with E-state index in [-0.39, 0.29) is 11.9 Å². The van der Waals surface area contributed by atoms with E-state index in [9.17, 15) is 4.79 Å². The lowest BCUT2D eigenvalue weighted by Gasteiger charge is -2.05. The lowest BCUT2D eigenvalue weighted by atomic mass is 10.3. The first-order chi connectivity index (χ1) is 6.09. The molecule has 0 aliphatic heterocycles. The van der Waals surface area contributed by atoms with Crippen LogP contribution >= 0.6 is 0 Å². The SMILES string of the molecule is CC(N)CNC(=O)c1cn(C)cn1. The highest BCUT2D eigenvalue weighted by Crippen LogP contribution is 1.92. The molecule has 5 nitrogen and oxygen atoms in total. The molecule has 0 radical (unpaired) electrons. The Morgan fingerprint density at radius 1 is 1.85 bits per heavy atom. The molecule has 5 heteroatoms. The normalized spacial score (nSPS) is 12.5. The Hall–Kier alpha value is -1.36.